The summed E-state index contributed by atoms with van der Waals surface area (Å²) in [4.78, 5) is 21.5. The number of nitrogens with zero attached hydrogens (tertiary/aromatic N) is 2. The highest BCUT2D eigenvalue weighted by Crippen LogP contribution is 2.27. The summed E-state index contributed by atoms with van der Waals surface area (Å²) in [6.07, 6.45) is 0. The molecule has 0 fully saturated rings. The van der Waals surface area contributed by atoms with Crippen LogP contribution in [0.5, 0.6) is 5.75 Å². The molecular formula is C23H26N4O2. The average Bonchev–Trinajstić information content (AvgIpc) is 2.68. The van der Waals surface area contributed by atoms with Gasteiger partial charge in [-0.1, -0.05) is 32.0 Å². The molecule has 3 aromatic rings. The Hall–Kier alpha value is -3.41. The van der Waals surface area contributed by atoms with E-state index in [0.717, 1.165) is 16.9 Å². The lowest BCUT2D eigenvalue weighted by Crippen LogP contribution is -2.15. The topological polar surface area (TPSA) is 76.1 Å². The first-order chi connectivity index (χ1) is 13.9. The number of ether oxygens (including phenoxy) is 1. The summed E-state index contributed by atoms with van der Waals surface area (Å²) in [6.45, 7) is 8.09. The van der Waals surface area contributed by atoms with E-state index in [0.29, 0.717) is 29.0 Å². The van der Waals surface area contributed by atoms with E-state index in [1.54, 1.807) is 13.2 Å². The highest BCUT2D eigenvalue weighted by Gasteiger charge is 2.13. The van der Waals surface area contributed by atoms with Crippen molar-refractivity contribution in [3.05, 3.63) is 71.0 Å². The second-order valence-electron chi connectivity index (χ2n) is 7.28. The van der Waals surface area contributed by atoms with Gasteiger partial charge in [0.05, 0.1) is 12.8 Å². The molecule has 1 amide bonds. The molecule has 1 aromatic heterocycles. The summed E-state index contributed by atoms with van der Waals surface area (Å²) in [7, 11) is 1.61. The number of methoxy groups -OCH3 is 1. The maximum absolute atomic E-state index is 12.7. The van der Waals surface area contributed by atoms with Crippen molar-refractivity contribution in [1.29, 1.82) is 0 Å². The molecule has 150 valence electrons. The predicted molar refractivity (Wildman–Crippen MR) is 116 cm³/mol. The van der Waals surface area contributed by atoms with Crippen LogP contribution in [0, 0.1) is 13.8 Å². The predicted octanol–water partition coefficient (Wildman–Crippen LogP) is 5.22. The van der Waals surface area contributed by atoms with Gasteiger partial charge in [0, 0.05) is 11.4 Å². The number of hydrogen-bond acceptors (Lipinski definition) is 5. The second kappa shape index (κ2) is 8.73. The molecule has 29 heavy (non-hydrogen) atoms. The Morgan fingerprint density at radius 1 is 1.00 bits per heavy atom. The third-order valence-corrected chi connectivity index (χ3v) is 4.52. The highest BCUT2D eigenvalue weighted by atomic mass is 16.5. The highest BCUT2D eigenvalue weighted by molar-refractivity contribution is 6.03. The summed E-state index contributed by atoms with van der Waals surface area (Å²) >= 11 is 0. The van der Waals surface area contributed by atoms with E-state index in [9.17, 15) is 4.79 Å². The number of amides is 1. The second-order valence-corrected chi connectivity index (χ2v) is 7.28. The van der Waals surface area contributed by atoms with E-state index in [1.165, 1.54) is 5.56 Å². The van der Waals surface area contributed by atoms with E-state index in [1.807, 2.05) is 56.3 Å². The van der Waals surface area contributed by atoms with Gasteiger partial charge in [-0.25, -0.2) is 9.97 Å². The molecule has 0 bridgehead atoms. The van der Waals surface area contributed by atoms with Gasteiger partial charge in [-0.05, 0) is 61.2 Å². The molecule has 3 rings (SSSR count). The first-order valence-electron chi connectivity index (χ1n) is 9.54. The lowest BCUT2D eigenvalue weighted by atomic mass is 10.0. The summed E-state index contributed by atoms with van der Waals surface area (Å²) in [5.74, 6) is 1.18. The number of hydrogen-bond donors (Lipinski definition) is 2. The third-order valence-electron chi connectivity index (χ3n) is 4.52. The van der Waals surface area contributed by atoms with Crippen LogP contribution in [0.3, 0.4) is 0 Å². The molecular weight excluding hydrogens is 364 g/mol. The van der Waals surface area contributed by atoms with Crippen molar-refractivity contribution in [2.24, 2.45) is 0 Å². The zero-order valence-corrected chi connectivity index (χ0v) is 17.4. The van der Waals surface area contributed by atoms with Crippen LogP contribution in [0.2, 0.25) is 0 Å². The summed E-state index contributed by atoms with van der Waals surface area (Å²) in [5.41, 5.74) is 4.75. The van der Waals surface area contributed by atoms with Gasteiger partial charge >= 0.3 is 0 Å². The number of carbonyl (C=O) groups excluding carboxylic acids is 1. The van der Waals surface area contributed by atoms with Gasteiger partial charge in [-0.15, -0.1) is 0 Å². The molecule has 0 aliphatic heterocycles. The fraction of sp³-hybridized carbons (Fsp3) is 0.261. The Balaban J connectivity index is 1.81. The van der Waals surface area contributed by atoms with Crippen LogP contribution >= 0.6 is 0 Å². The number of carbonyl (C=O) groups is 1. The fourth-order valence-electron chi connectivity index (χ4n) is 2.93. The summed E-state index contributed by atoms with van der Waals surface area (Å²) < 4.78 is 5.39. The van der Waals surface area contributed by atoms with Crippen molar-refractivity contribution in [1.82, 2.24) is 9.97 Å². The number of benzene rings is 2. The van der Waals surface area contributed by atoms with E-state index in [-0.39, 0.29) is 5.91 Å². The normalized spacial score (nSPS) is 10.7. The van der Waals surface area contributed by atoms with Crippen LogP contribution in [0.1, 0.15) is 47.1 Å². The molecule has 0 saturated carbocycles. The smallest absolute Gasteiger partial charge is 0.274 e. The molecule has 0 spiro atoms. The van der Waals surface area contributed by atoms with Crippen LogP contribution < -0.4 is 15.4 Å². The molecule has 0 atom stereocenters. The van der Waals surface area contributed by atoms with Gasteiger partial charge in [0.25, 0.3) is 5.91 Å². The maximum atomic E-state index is 12.7. The average molecular weight is 390 g/mol. The zero-order valence-electron chi connectivity index (χ0n) is 17.4. The van der Waals surface area contributed by atoms with Gasteiger partial charge in [0.2, 0.25) is 5.95 Å². The van der Waals surface area contributed by atoms with E-state index < -0.39 is 0 Å². The minimum absolute atomic E-state index is 0.285. The number of nitrogens with one attached hydrogen (secondary N) is 2. The molecule has 2 aromatic carbocycles. The minimum atomic E-state index is -0.285. The molecule has 0 aliphatic carbocycles. The molecule has 0 unspecified atom stereocenters. The van der Waals surface area contributed by atoms with E-state index in [4.69, 9.17) is 4.74 Å². The molecule has 0 aliphatic rings. The largest absolute Gasteiger partial charge is 0.495 e. The van der Waals surface area contributed by atoms with Gasteiger partial charge in [-0.3, -0.25) is 4.79 Å². The maximum Gasteiger partial charge on any atom is 0.274 e. The Bertz CT molecular complexity index is 1010. The van der Waals surface area contributed by atoms with Gasteiger partial charge in [0.1, 0.15) is 11.4 Å². The first-order valence-corrected chi connectivity index (χ1v) is 9.54. The van der Waals surface area contributed by atoms with Crippen molar-refractivity contribution in [2.75, 3.05) is 17.7 Å². The third kappa shape index (κ3) is 5.10. The van der Waals surface area contributed by atoms with Crippen molar-refractivity contribution in [3.63, 3.8) is 0 Å². The molecule has 0 saturated heterocycles. The van der Waals surface area contributed by atoms with Crippen LogP contribution in [0.4, 0.5) is 17.3 Å². The van der Waals surface area contributed by atoms with Crippen molar-refractivity contribution in [3.8, 4) is 5.75 Å². The van der Waals surface area contributed by atoms with Gasteiger partial charge in [0.15, 0.2) is 0 Å². The zero-order chi connectivity index (χ0) is 21.0. The quantitative estimate of drug-likeness (QED) is 0.603. The van der Waals surface area contributed by atoms with E-state index >= 15 is 0 Å². The van der Waals surface area contributed by atoms with Crippen LogP contribution in [-0.2, 0) is 0 Å². The Morgan fingerprint density at radius 2 is 1.72 bits per heavy atom. The number of aryl methyl sites for hydroxylation is 2. The van der Waals surface area contributed by atoms with Crippen molar-refractivity contribution < 1.29 is 9.53 Å². The molecule has 1 heterocycles. The van der Waals surface area contributed by atoms with Crippen molar-refractivity contribution >= 4 is 23.2 Å². The minimum Gasteiger partial charge on any atom is -0.495 e. The van der Waals surface area contributed by atoms with Gasteiger partial charge < -0.3 is 15.4 Å². The standard InChI is InChI=1S/C23H26N4O2/c1-14(2)17-7-9-18(10-8-17)25-22(28)20-13-16(4)24-23(27-20)26-19-12-15(3)6-11-21(19)29-5/h6-14H,1-5H3,(H,25,28)(H,24,26,27). The molecule has 6 nitrogen and oxygen atoms in total. The van der Waals surface area contributed by atoms with Gasteiger partial charge in [-0.2, -0.15) is 0 Å². The number of aromatic nitrogens is 2. The number of rotatable bonds is 6. The SMILES string of the molecule is COc1ccc(C)cc1Nc1nc(C)cc(C(=O)Nc2ccc(C(C)C)cc2)n1. The Morgan fingerprint density at radius 3 is 2.38 bits per heavy atom. The first kappa shape index (κ1) is 20.3. The van der Waals surface area contributed by atoms with Crippen LogP contribution in [0.15, 0.2) is 48.5 Å². The van der Waals surface area contributed by atoms with Crippen molar-refractivity contribution in [2.45, 2.75) is 33.6 Å². The summed E-state index contributed by atoms with van der Waals surface area (Å²) in [5, 5.41) is 6.05. The monoisotopic (exact) mass is 390 g/mol. The van der Waals surface area contributed by atoms with Crippen LogP contribution in [0.25, 0.3) is 0 Å². The molecule has 2 N–H and O–H groups in total. The lowest BCUT2D eigenvalue weighted by Gasteiger charge is -2.12. The Kier molecular flexibility index (Phi) is 6.12. The van der Waals surface area contributed by atoms with E-state index in [2.05, 4.69) is 34.4 Å². The lowest BCUT2D eigenvalue weighted by molar-refractivity contribution is 0.102. The molecule has 0 radical (unpaired) electrons. The summed E-state index contributed by atoms with van der Waals surface area (Å²) in [6, 6.07) is 15.3. The van der Waals surface area contributed by atoms with Crippen LogP contribution in [-0.4, -0.2) is 23.0 Å². The fourth-order valence-corrected chi connectivity index (χ4v) is 2.93. The number of anilines is 3. The Labute approximate surface area is 171 Å². The molecule has 6 heteroatoms.